The number of aromatic carboxylic acids is 1. The van der Waals surface area contributed by atoms with E-state index in [1.807, 2.05) is 24.3 Å². The van der Waals surface area contributed by atoms with E-state index in [0.29, 0.717) is 5.69 Å². The maximum absolute atomic E-state index is 10.8. The molecule has 0 heterocycles. The minimum Gasteiger partial charge on any atom is -0.545 e. The summed E-state index contributed by atoms with van der Waals surface area (Å²) in [5.74, 6) is -1.32. The van der Waals surface area contributed by atoms with Crippen molar-refractivity contribution in [2.75, 3.05) is 5.43 Å². The van der Waals surface area contributed by atoms with E-state index in [0.717, 1.165) is 10.0 Å². The standard InChI is InChI=1S/C14H10BrClN2O2/c15-10-3-1-2-9(6-10)8-17-18-11-4-5-13(16)12(7-11)14(19)20/h1-8,18H,(H,19,20)/p-1/b17-8-. The molecule has 20 heavy (non-hydrogen) atoms. The number of halogens is 2. The maximum Gasteiger partial charge on any atom is 0.0731 e. The summed E-state index contributed by atoms with van der Waals surface area (Å²) in [4.78, 5) is 10.8. The van der Waals surface area contributed by atoms with Gasteiger partial charge in [-0.05, 0) is 35.9 Å². The molecule has 0 atom stereocenters. The molecule has 0 aliphatic carbocycles. The number of carboxylic acid groups (broad SMARTS) is 1. The van der Waals surface area contributed by atoms with Crippen LogP contribution in [0.25, 0.3) is 0 Å². The highest BCUT2D eigenvalue weighted by atomic mass is 79.9. The molecule has 0 saturated heterocycles. The van der Waals surface area contributed by atoms with Gasteiger partial charge in [0, 0.05) is 15.1 Å². The van der Waals surface area contributed by atoms with Crippen molar-refractivity contribution in [1.29, 1.82) is 0 Å². The molecule has 0 unspecified atom stereocenters. The summed E-state index contributed by atoms with van der Waals surface area (Å²) in [5, 5.41) is 15.0. The van der Waals surface area contributed by atoms with Gasteiger partial charge in [0.15, 0.2) is 0 Å². The molecule has 102 valence electrons. The topological polar surface area (TPSA) is 64.5 Å². The summed E-state index contributed by atoms with van der Waals surface area (Å²) < 4.78 is 0.951. The molecule has 0 spiro atoms. The number of carboxylic acids is 1. The number of anilines is 1. The molecule has 0 aromatic heterocycles. The zero-order chi connectivity index (χ0) is 14.5. The van der Waals surface area contributed by atoms with Crippen LogP contribution in [0.4, 0.5) is 5.69 Å². The first-order valence-electron chi connectivity index (χ1n) is 5.62. The monoisotopic (exact) mass is 351 g/mol. The van der Waals surface area contributed by atoms with Gasteiger partial charge in [0.05, 0.1) is 17.9 Å². The number of hydrogen-bond acceptors (Lipinski definition) is 4. The van der Waals surface area contributed by atoms with Crippen LogP contribution in [-0.2, 0) is 0 Å². The lowest BCUT2D eigenvalue weighted by atomic mass is 10.2. The van der Waals surface area contributed by atoms with Gasteiger partial charge in [-0.1, -0.05) is 39.7 Å². The molecule has 0 amide bonds. The lowest BCUT2D eigenvalue weighted by Crippen LogP contribution is -2.22. The van der Waals surface area contributed by atoms with Crippen LogP contribution in [0.1, 0.15) is 15.9 Å². The van der Waals surface area contributed by atoms with Gasteiger partial charge in [0.1, 0.15) is 0 Å². The van der Waals surface area contributed by atoms with Crippen molar-refractivity contribution >= 4 is 45.4 Å². The minimum atomic E-state index is -1.32. The summed E-state index contributed by atoms with van der Waals surface area (Å²) in [5.41, 5.74) is 4.08. The first-order chi connectivity index (χ1) is 9.56. The Hall–Kier alpha value is -1.85. The summed E-state index contributed by atoms with van der Waals surface area (Å²) in [7, 11) is 0. The molecule has 0 bridgehead atoms. The van der Waals surface area contributed by atoms with E-state index >= 15 is 0 Å². The number of nitrogens with zero attached hydrogens (tertiary/aromatic N) is 1. The van der Waals surface area contributed by atoms with E-state index in [4.69, 9.17) is 11.6 Å². The number of rotatable bonds is 4. The van der Waals surface area contributed by atoms with E-state index in [1.165, 1.54) is 12.1 Å². The highest BCUT2D eigenvalue weighted by molar-refractivity contribution is 9.10. The van der Waals surface area contributed by atoms with Crippen LogP contribution >= 0.6 is 27.5 Å². The van der Waals surface area contributed by atoms with E-state index < -0.39 is 5.97 Å². The Morgan fingerprint density at radius 2 is 2.10 bits per heavy atom. The molecular formula is C14H9BrClN2O2-. The third-order valence-electron chi connectivity index (χ3n) is 2.44. The third kappa shape index (κ3) is 3.82. The number of carbonyl (C=O) groups is 1. The second kappa shape index (κ2) is 6.54. The normalized spacial score (nSPS) is 10.7. The highest BCUT2D eigenvalue weighted by Gasteiger charge is 2.02. The summed E-state index contributed by atoms with van der Waals surface area (Å²) in [6.07, 6.45) is 1.62. The van der Waals surface area contributed by atoms with Gasteiger partial charge in [-0.3, -0.25) is 5.43 Å². The lowest BCUT2D eigenvalue weighted by molar-refractivity contribution is -0.255. The summed E-state index contributed by atoms with van der Waals surface area (Å²) >= 11 is 9.11. The average Bonchev–Trinajstić information content (AvgIpc) is 2.40. The molecule has 2 rings (SSSR count). The second-order valence-electron chi connectivity index (χ2n) is 3.91. The molecule has 0 radical (unpaired) electrons. The van der Waals surface area contributed by atoms with Gasteiger partial charge < -0.3 is 9.90 Å². The van der Waals surface area contributed by atoms with Crippen molar-refractivity contribution in [3.8, 4) is 0 Å². The Balaban J connectivity index is 2.11. The fraction of sp³-hybridized carbons (Fsp3) is 0. The van der Waals surface area contributed by atoms with Crippen molar-refractivity contribution in [2.45, 2.75) is 0 Å². The van der Waals surface area contributed by atoms with E-state index in [9.17, 15) is 9.90 Å². The van der Waals surface area contributed by atoms with Crippen LogP contribution in [0.15, 0.2) is 52.0 Å². The Kier molecular flexibility index (Phi) is 4.76. The fourth-order valence-corrected chi connectivity index (χ4v) is 2.13. The van der Waals surface area contributed by atoms with Crippen LogP contribution in [-0.4, -0.2) is 12.2 Å². The van der Waals surface area contributed by atoms with E-state index in [2.05, 4.69) is 26.5 Å². The zero-order valence-corrected chi connectivity index (χ0v) is 12.5. The molecule has 0 aliphatic heterocycles. The number of hydrazone groups is 1. The quantitative estimate of drug-likeness (QED) is 0.680. The Bertz CT molecular complexity index is 674. The highest BCUT2D eigenvalue weighted by Crippen LogP contribution is 2.20. The van der Waals surface area contributed by atoms with Gasteiger partial charge in [-0.2, -0.15) is 5.10 Å². The van der Waals surface area contributed by atoms with E-state index in [1.54, 1.807) is 12.3 Å². The predicted molar refractivity (Wildman–Crippen MR) is 81.1 cm³/mol. The largest absolute Gasteiger partial charge is 0.545 e. The first-order valence-corrected chi connectivity index (χ1v) is 6.79. The molecule has 0 saturated carbocycles. The molecule has 2 aromatic rings. The third-order valence-corrected chi connectivity index (χ3v) is 3.27. The van der Waals surface area contributed by atoms with Gasteiger partial charge >= 0.3 is 0 Å². The van der Waals surface area contributed by atoms with E-state index in [-0.39, 0.29) is 10.6 Å². The van der Waals surface area contributed by atoms with Gasteiger partial charge in [0.2, 0.25) is 0 Å². The van der Waals surface area contributed by atoms with Gasteiger partial charge in [0.25, 0.3) is 0 Å². The molecule has 6 heteroatoms. The number of nitrogens with one attached hydrogen (secondary N) is 1. The SMILES string of the molecule is O=C([O-])c1cc(N/N=C\c2cccc(Br)c2)ccc1Cl. The number of carbonyl (C=O) groups excluding carboxylic acids is 1. The first kappa shape index (κ1) is 14.6. The zero-order valence-electron chi connectivity index (χ0n) is 10.1. The van der Waals surface area contributed by atoms with Crippen molar-refractivity contribution in [1.82, 2.24) is 0 Å². The number of benzene rings is 2. The van der Waals surface area contributed by atoms with Crippen molar-refractivity contribution in [3.05, 3.63) is 63.1 Å². The van der Waals surface area contributed by atoms with Gasteiger partial charge in [-0.15, -0.1) is 0 Å². The summed E-state index contributed by atoms with van der Waals surface area (Å²) in [6.45, 7) is 0. The van der Waals surface area contributed by atoms with Crippen LogP contribution in [0.2, 0.25) is 5.02 Å². The fourth-order valence-electron chi connectivity index (χ4n) is 1.52. The molecular weight excluding hydrogens is 344 g/mol. The second-order valence-corrected chi connectivity index (χ2v) is 5.23. The van der Waals surface area contributed by atoms with Crippen LogP contribution in [0.3, 0.4) is 0 Å². The van der Waals surface area contributed by atoms with Crippen LogP contribution in [0, 0.1) is 0 Å². The molecule has 1 N–H and O–H groups in total. The maximum atomic E-state index is 10.8. The molecule has 4 nitrogen and oxygen atoms in total. The van der Waals surface area contributed by atoms with Gasteiger partial charge in [-0.25, -0.2) is 0 Å². The Morgan fingerprint density at radius 3 is 2.80 bits per heavy atom. The van der Waals surface area contributed by atoms with Crippen molar-refractivity contribution < 1.29 is 9.90 Å². The molecule has 0 fully saturated rings. The Labute approximate surface area is 129 Å². The van der Waals surface area contributed by atoms with Crippen LogP contribution < -0.4 is 10.5 Å². The average molecular weight is 353 g/mol. The predicted octanol–water partition coefficient (Wildman–Crippen LogP) is 2.91. The molecule has 0 aliphatic rings. The Morgan fingerprint density at radius 1 is 1.30 bits per heavy atom. The smallest absolute Gasteiger partial charge is 0.0731 e. The van der Waals surface area contributed by atoms with Crippen molar-refractivity contribution in [3.63, 3.8) is 0 Å². The van der Waals surface area contributed by atoms with Crippen LogP contribution in [0.5, 0.6) is 0 Å². The van der Waals surface area contributed by atoms with Crippen molar-refractivity contribution in [2.24, 2.45) is 5.10 Å². The summed E-state index contributed by atoms with van der Waals surface area (Å²) in [6, 6.07) is 12.1. The molecule has 2 aromatic carbocycles. The minimum absolute atomic E-state index is 0.0747. The lowest BCUT2D eigenvalue weighted by Gasteiger charge is -2.07. The number of hydrogen-bond donors (Lipinski definition) is 1.